The minimum Gasteiger partial charge on any atom is -0.353 e. The van der Waals surface area contributed by atoms with Crippen LogP contribution in [0.1, 0.15) is 74.5 Å². The standard InChI is InChI=1S/C23H36N2O3S/c1-17-14-18(2)22(19(3)15-17)29(27,28)25-13-9-10-20(16-25)23(26)24-21-11-7-5-4-6-8-12-21/h14-15,20-21H,4-13,16H2,1-3H3,(H,24,26)/t20-/m0/s1. The molecule has 1 saturated carbocycles. The molecule has 1 heterocycles. The van der Waals surface area contributed by atoms with Crippen LogP contribution in [0.5, 0.6) is 0 Å². The van der Waals surface area contributed by atoms with Crippen LogP contribution in [0.4, 0.5) is 0 Å². The Morgan fingerprint density at radius 1 is 0.931 bits per heavy atom. The van der Waals surface area contributed by atoms with Crippen LogP contribution < -0.4 is 5.32 Å². The maximum Gasteiger partial charge on any atom is 0.243 e. The Labute approximate surface area is 176 Å². The first-order valence-electron chi connectivity index (χ1n) is 11.2. The van der Waals surface area contributed by atoms with Gasteiger partial charge in [0.25, 0.3) is 0 Å². The highest BCUT2D eigenvalue weighted by atomic mass is 32.2. The van der Waals surface area contributed by atoms with Crippen molar-refractivity contribution < 1.29 is 13.2 Å². The SMILES string of the molecule is Cc1cc(C)c(S(=O)(=O)N2CCC[C@H](C(=O)NC3CCCCCCC3)C2)c(C)c1. The molecule has 3 rings (SSSR count). The summed E-state index contributed by atoms with van der Waals surface area (Å²) in [7, 11) is -3.60. The van der Waals surface area contributed by atoms with E-state index in [-0.39, 0.29) is 24.4 Å². The monoisotopic (exact) mass is 420 g/mol. The van der Waals surface area contributed by atoms with E-state index in [0.717, 1.165) is 42.4 Å². The van der Waals surface area contributed by atoms with Crippen LogP contribution in [0.3, 0.4) is 0 Å². The van der Waals surface area contributed by atoms with Gasteiger partial charge >= 0.3 is 0 Å². The molecule has 2 fully saturated rings. The fraction of sp³-hybridized carbons (Fsp3) is 0.696. The summed E-state index contributed by atoms with van der Waals surface area (Å²) in [4.78, 5) is 13.3. The van der Waals surface area contributed by atoms with Crippen LogP contribution >= 0.6 is 0 Å². The van der Waals surface area contributed by atoms with E-state index >= 15 is 0 Å². The third kappa shape index (κ3) is 5.40. The number of hydrogen-bond donors (Lipinski definition) is 1. The maximum absolute atomic E-state index is 13.4. The van der Waals surface area contributed by atoms with Gasteiger partial charge in [-0.3, -0.25) is 4.79 Å². The van der Waals surface area contributed by atoms with Crippen molar-refractivity contribution in [2.24, 2.45) is 5.92 Å². The van der Waals surface area contributed by atoms with Crippen molar-refractivity contribution in [2.45, 2.75) is 89.5 Å². The summed E-state index contributed by atoms with van der Waals surface area (Å²) < 4.78 is 28.3. The molecule has 0 bridgehead atoms. The normalized spacial score (nSPS) is 22.7. The van der Waals surface area contributed by atoms with E-state index < -0.39 is 10.0 Å². The second-order valence-electron chi connectivity index (χ2n) is 8.98. The Bertz CT molecular complexity index is 804. The third-order valence-corrected chi connectivity index (χ3v) is 8.58. The first-order chi connectivity index (χ1) is 13.8. The Balaban J connectivity index is 1.70. The Kier molecular flexibility index (Phi) is 7.38. The summed E-state index contributed by atoms with van der Waals surface area (Å²) in [6, 6.07) is 4.09. The first kappa shape index (κ1) is 22.3. The molecule has 1 aromatic rings. The molecule has 1 aromatic carbocycles. The molecule has 29 heavy (non-hydrogen) atoms. The van der Waals surface area contributed by atoms with Crippen molar-refractivity contribution in [1.82, 2.24) is 9.62 Å². The lowest BCUT2D eigenvalue weighted by molar-refractivity contribution is -0.126. The van der Waals surface area contributed by atoms with Crippen LogP contribution in [-0.4, -0.2) is 37.8 Å². The Morgan fingerprint density at radius 2 is 1.52 bits per heavy atom. The quantitative estimate of drug-likeness (QED) is 0.792. The summed E-state index contributed by atoms with van der Waals surface area (Å²) >= 11 is 0. The van der Waals surface area contributed by atoms with Crippen LogP contribution in [-0.2, 0) is 14.8 Å². The topological polar surface area (TPSA) is 66.5 Å². The molecule has 0 radical (unpaired) electrons. The highest BCUT2D eigenvalue weighted by molar-refractivity contribution is 7.89. The zero-order valence-electron chi connectivity index (χ0n) is 18.2. The van der Waals surface area contributed by atoms with E-state index in [4.69, 9.17) is 0 Å². The van der Waals surface area contributed by atoms with Crippen molar-refractivity contribution >= 4 is 15.9 Å². The van der Waals surface area contributed by atoms with Crippen molar-refractivity contribution in [3.8, 4) is 0 Å². The largest absolute Gasteiger partial charge is 0.353 e. The summed E-state index contributed by atoms with van der Waals surface area (Å²) in [5.41, 5.74) is 2.63. The highest BCUT2D eigenvalue weighted by Crippen LogP contribution is 2.29. The lowest BCUT2D eigenvalue weighted by Gasteiger charge is -2.33. The average molecular weight is 421 g/mol. The van der Waals surface area contributed by atoms with Gasteiger partial charge in [0.05, 0.1) is 10.8 Å². The Hall–Kier alpha value is -1.40. The minimum atomic E-state index is -3.60. The summed E-state index contributed by atoms with van der Waals surface area (Å²) in [6.45, 7) is 6.47. The molecule has 1 aliphatic carbocycles. The van der Waals surface area contributed by atoms with E-state index in [1.54, 1.807) is 0 Å². The van der Waals surface area contributed by atoms with Crippen LogP contribution in [0.25, 0.3) is 0 Å². The molecule has 5 nitrogen and oxygen atoms in total. The average Bonchev–Trinajstić information content (AvgIpc) is 2.62. The van der Waals surface area contributed by atoms with E-state index in [1.807, 2.05) is 32.9 Å². The fourth-order valence-electron chi connectivity index (χ4n) is 5.00. The van der Waals surface area contributed by atoms with Gasteiger partial charge in [0.1, 0.15) is 0 Å². The molecular weight excluding hydrogens is 384 g/mol. The van der Waals surface area contributed by atoms with E-state index in [9.17, 15) is 13.2 Å². The number of amides is 1. The molecular formula is C23H36N2O3S. The van der Waals surface area contributed by atoms with Crippen LogP contribution in [0.2, 0.25) is 0 Å². The van der Waals surface area contributed by atoms with Gasteiger partial charge in [0.2, 0.25) is 15.9 Å². The minimum absolute atomic E-state index is 0.0350. The van der Waals surface area contributed by atoms with Gasteiger partial charge in [-0.25, -0.2) is 8.42 Å². The van der Waals surface area contributed by atoms with Gasteiger partial charge in [0.15, 0.2) is 0 Å². The molecule has 0 spiro atoms. The summed E-state index contributed by atoms with van der Waals surface area (Å²) in [6.07, 6.45) is 9.71. The Morgan fingerprint density at radius 3 is 2.14 bits per heavy atom. The predicted molar refractivity (Wildman–Crippen MR) is 116 cm³/mol. The smallest absolute Gasteiger partial charge is 0.243 e. The number of carbonyl (C=O) groups is 1. The molecule has 6 heteroatoms. The van der Waals surface area contributed by atoms with E-state index in [1.165, 1.54) is 36.4 Å². The van der Waals surface area contributed by atoms with Crippen molar-refractivity contribution in [3.05, 3.63) is 28.8 Å². The summed E-state index contributed by atoms with van der Waals surface area (Å²) in [5, 5.41) is 3.24. The number of piperidine rings is 1. The number of carbonyl (C=O) groups excluding carboxylic acids is 1. The molecule has 162 valence electrons. The predicted octanol–water partition coefficient (Wildman–Crippen LogP) is 4.24. The molecule has 1 atom stereocenters. The zero-order valence-corrected chi connectivity index (χ0v) is 19.0. The van der Waals surface area contributed by atoms with Crippen LogP contribution in [0.15, 0.2) is 17.0 Å². The van der Waals surface area contributed by atoms with E-state index in [0.29, 0.717) is 11.4 Å². The lowest BCUT2D eigenvalue weighted by atomic mass is 9.94. The third-order valence-electron chi connectivity index (χ3n) is 6.41. The second kappa shape index (κ2) is 9.61. The molecule has 0 aromatic heterocycles. The molecule has 2 aliphatic rings. The highest BCUT2D eigenvalue weighted by Gasteiger charge is 2.35. The number of nitrogens with one attached hydrogen (secondary N) is 1. The van der Waals surface area contributed by atoms with Crippen molar-refractivity contribution in [2.75, 3.05) is 13.1 Å². The number of aryl methyl sites for hydroxylation is 3. The van der Waals surface area contributed by atoms with Gasteiger partial charge in [0, 0.05) is 19.1 Å². The van der Waals surface area contributed by atoms with Gasteiger partial charge in [-0.1, -0.05) is 49.8 Å². The van der Waals surface area contributed by atoms with Crippen LogP contribution in [0, 0.1) is 26.7 Å². The molecule has 1 saturated heterocycles. The van der Waals surface area contributed by atoms with Gasteiger partial charge in [-0.2, -0.15) is 4.31 Å². The first-order valence-corrected chi connectivity index (χ1v) is 12.6. The van der Waals surface area contributed by atoms with Gasteiger partial charge in [-0.05, 0) is 57.6 Å². The van der Waals surface area contributed by atoms with Crippen molar-refractivity contribution in [3.63, 3.8) is 0 Å². The number of rotatable bonds is 4. The summed E-state index contributed by atoms with van der Waals surface area (Å²) in [5.74, 6) is -0.220. The number of hydrogen-bond acceptors (Lipinski definition) is 3. The maximum atomic E-state index is 13.4. The zero-order chi connectivity index (χ0) is 21.0. The number of benzene rings is 1. The molecule has 0 unspecified atom stereocenters. The lowest BCUT2D eigenvalue weighted by Crippen LogP contribution is -2.47. The van der Waals surface area contributed by atoms with E-state index in [2.05, 4.69) is 5.32 Å². The van der Waals surface area contributed by atoms with Gasteiger partial charge in [-0.15, -0.1) is 0 Å². The molecule has 1 amide bonds. The molecule has 1 N–H and O–H groups in total. The van der Waals surface area contributed by atoms with Gasteiger partial charge < -0.3 is 5.32 Å². The molecule has 1 aliphatic heterocycles. The number of sulfonamides is 1. The fourth-order valence-corrected chi connectivity index (χ4v) is 6.93. The second-order valence-corrected chi connectivity index (χ2v) is 10.9. The number of nitrogens with zero attached hydrogens (tertiary/aromatic N) is 1. The van der Waals surface area contributed by atoms with Crippen molar-refractivity contribution in [1.29, 1.82) is 0 Å².